The van der Waals surface area contributed by atoms with E-state index in [1.807, 2.05) is 20.8 Å². The van der Waals surface area contributed by atoms with Crippen LogP contribution in [0.2, 0.25) is 0 Å². The van der Waals surface area contributed by atoms with Crippen LogP contribution in [0.1, 0.15) is 27.2 Å². The van der Waals surface area contributed by atoms with Gasteiger partial charge in [0.1, 0.15) is 0 Å². The van der Waals surface area contributed by atoms with E-state index in [4.69, 9.17) is 5.11 Å². The van der Waals surface area contributed by atoms with E-state index in [0.29, 0.717) is 6.41 Å². The second-order valence-electron chi connectivity index (χ2n) is 3.61. The zero-order valence-corrected chi connectivity index (χ0v) is 7.70. The van der Waals surface area contributed by atoms with Gasteiger partial charge in [0.2, 0.25) is 6.41 Å². The standard InChI is InChI=1S/C8H15NO3/c1-8(2,3)9(6-10)5-4-7(11)12/h6H,4-5H2,1-3H3,(H,11,12). The lowest BCUT2D eigenvalue weighted by molar-refractivity contribution is -0.138. The predicted molar refractivity (Wildman–Crippen MR) is 44.8 cm³/mol. The van der Waals surface area contributed by atoms with Crippen molar-refractivity contribution in [1.29, 1.82) is 0 Å². The van der Waals surface area contributed by atoms with Crippen molar-refractivity contribution in [1.82, 2.24) is 4.90 Å². The van der Waals surface area contributed by atoms with Gasteiger partial charge in [0.25, 0.3) is 0 Å². The highest BCUT2D eigenvalue weighted by Crippen LogP contribution is 2.10. The summed E-state index contributed by atoms with van der Waals surface area (Å²) >= 11 is 0. The van der Waals surface area contributed by atoms with Crippen molar-refractivity contribution in [3.8, 4) is 0 Å². The molecule has 4 heteroatoms. The van der Waals surface area contributed by atoms with Gasteiger partial charge in [-0.1, -0.05) is 0 Å². The Labute approximate surface area is 72.2 Å². The molecule has 0 saturated heterocycles. The number of carbonyl (C=O) groups is 2. The van der Waals surface area contributed by atoms with Gasteiger partial charge in [-0.3, -0.25) is 9.59 Å². The number of aliphatic carboxylic acids is 1. The second kappa shape index (κ2) is 4.09. The first-order valence-electron chi connectivity index (χ1n) is 3.82. The van der Waals surface area contributed by atoms with Crippen LogP contribution >= 0.6 is 0 Å². The summed E-state index contributed by atoms with van der Waals surface area (Å²) in [5.74, 6) is -0.883. The van der Waals surface area contributed by atoms with Gasteiger partial charge < -0.3 is 10.0 Å². The van der Waals surface area contributed by atoms with E-state index in [0.717, 1.165) is 0 Å². The van der Waals surface area contributed by atoms with Crippen LogP contribution in [-0.4, -0.2) is 34.5 Å². The first-order valence-corrected chi connectivity index (χ1v) is 3.82. The summed E-state index contributed by atoms with van der Waals surface area (Å²) in [6.07, 6.45) is 0.680. The predicted octanol–water partition coefficient (Wildman–Crippen LogP) is 0.718. The van der Waals surface area contributed by atoms with Gasteiger partial charge in [-0.15, -0.1) is 0 Å². The molecule has 0 atom stereocenters. The summed E-state index contributed by atoms with van der Waals surface area (Å²) in [7, 11) is 0. The van der Waals surface area contributed by atoms with Crippen LogP contribution in [-0.2, 0) is 9.59 Å². The molecule has 0 fully saturated rings. The molecule has 0 heterocycles. The Balaban J connectivity index is 4.01. The molecule has 0 bridgehead atoms. The van der Waals surface area contributed by atoms with Crippen molar-refractivity contribution in [2.24, 2.45) is 0 Å². The number of hydrogen-bond donors (Lipinski definition) is 1. The molecule has 0 unspecified atom stereocenters. The van der Waals surface area contributed by atoms with Gasteiger partial charge in [-0.2, -0.15) is 0 Å². The first-order chi connectivity index (χ1) is 5.38. The number of hydrogen-bond acceptors (Lipinski definition) is 2. The lowest BCUT2D eigenvalue weighted by atomic mass is 10.1. The molecular formula is C8H15NO3. The third-order valence-electron chi connectivity index (χ3n) is 1.56. The molecule has 0 aliphatic rings. The highest BCUT2D eigenvalue weighted by molar-refractivity contribution is 5.67. The number of amides is 1. The van der Waals surface area contributed by atoms with Crippen molar-refractivity contribution >= 4 is 12.4 Å². The van der Waals surface area contributed by atoms with E-state index in [2.05, 4.69) is 0 Å². The lowest BCUT2D eigenvalue weighted by Crippen LogP contribution is -2.41. The topological polar surface area (TPSA) is 57.6 Å². The Hall–Kier alpha value is -1.06. The molecule has 0 aromatic carbocycles. The lowest BCUT2D eigenvalue weighted by Gasteiger charge is -2.31. The minimum absolute atomic E-state index is 0.00396. The SMILES string of the molecule is CC(C)(C)N(C=O)CCC(=O)O. The Morgan fingerprint density at radius 2 is 2.00 bits per heavy atom. The van der Waals surface area contributed by atoms with Crippen molar-refractivity contribution < 1.29 is 14.7 Å². The Morgan fingerprint density at radius 1 is 1.50 bits per heavy atom. The van der Waals surface area contributed by atoms with Gasteiger partial charge in [0, 0.05) is 12.1 Å². The van der Waals surface area contributed by atoms with Crippen LogP contribution < -0.4 is 0 Å². The Morgan fingerprint density at radius 3 is 2.25 bits per heavy atom. The van der Waals surface area contributed by atoms with E-state index in [1.165, 1.54) is 4.90 Å². The van der Waals surface area contributed by atoms with E-state index in [1.54, 1.807) is 0 Å². The fourth-order valence-corrected chi connectivity index (χ4v) is 0.762. The van der Waals surface area contributed by atoms with Crippen molar-refractivity contribution in [2.75, 3.05) is 6.54 Å². The number of carboxylic acids is 1. The van der Waals surface area contributed by atoms with E-state index >= 15 is 0 Å². The third kappa shape index (κ3) is 3.95. The van der Waals surface area contributed by atoms with Crippen LogP contribution in [0, 0.1) is 0 Å². The Kier molecular flexibility index (Phi) is 3.73. The normalized spacial score (nSPS) is 10.9. The molecule has 0 rings (SSSR count). The van der Waals surface area contributed by atoms with Crippen molar-refractivity contribution in [3.05, 3.63) is 0 Å². The largest absolute Gasteiger partial charge is 0.481 e. The second-order valence-corrected chi connectivity index (χ2v) is 3.61. The quantitative estimate of drug-likeness (QED) is 0.637. The summed E-state index contributed by atoms with van der Waals surface area (Å²) in [6.45, 7) is 5.86. The van der Waals surface area contributed by atoms with E-state index < -0.39 is 5.97 Å². The number of carboxylic acid groups (broad SMARTS) is 1. The van der Waals surface area contributed by atoms with Crippen LogP contribution in [0.25, 0.3) is 0 Å². The fraction of sp³-hybridized carbons (Fsp3) is 0.750. The molecule has 0 aromatic heterocycles. The summed E-state index contributed by atoms with van der Waals surface area (Å²) in [5.41, 5.74) is -0.294. The average molecular weight is 173 g/mol. The highest BCUT2D eigenvalue weighted by Gasteiger charge is 2.19. The first kappa shape index (κ1) is 10.9. The van der Waals surface area contributed by atoms with Crippen LogP contribution in [0.3, 0.4) is 0 Å². The summed E-state index contributed by atoms with van der Waals surface area (Å²) in [4.78, 5) is 22.2. The number of nitrogens with zero attached hydrogens (tertiary/aromatic N) is 1. The van der Waals surface area contributed by atoms with Gasteiger partial charge >= 0.3 is 5.97 Å². The van der Waals surface area contributed by atoms with Gasteiger partial charge in [0.05, 0.1) is 6.42 Å². The average Bonchev–Trinajstić information content (AvgIpc) is 1.85. The molecule has 0 spiro atoms. The van der Waals surface area contributed by atoms with Gasteiger partial charge in [0.15, 0.2) is 0 Å². The van der Waals surface area contributed by atoms with Gasteiger partial charge in [-0.05, 0) is 20.8 Å². The molecular weight excluding hydrogens is 158 g/mol. The minimum Gasteiger partial charge on any atom is -0.481 e. The van der Waals surface area contributed by atoms with Crippen LogP contribution in [0.15, 0.2) is 0 Å². The molecule has 0 aromatic rings. The maximum atomic E-state index is 10.5. The minimum atomic E-state index is -0.883. The number of rotatable bonds is 4. The molecule has 0 aliphatic carbocycles. The monoisotopic (exact) mass is 173 g/mol. The van der Waals surface area contributed by atoms with Gasteiger partial charge in [-0.25, -0.2) is 0 Å². The van der Waals surface area contributed by atoms with Crippen molar-refractivity contribution in [3.63, 3.8) is 0 Å². The summed E-state index contributed by atoms with van der Waals surface area (Å²) < 4.78 is 0. The smallest absolute Gasteiger partial charge is 0.305 e. The highest BCUT2D eigenvalue weighted by atomic mass is 16.4. The van der Waals surface area contributed by atoms with Crippen molar-refractivity contribution in [2.45, 2.75) is 32.7 Å². The summed E-state index contributed by atoms with van der Waals surface area (Å²) in [6, 6.07) is 0. The van der Waals surface area contributed by atoms with Crippen LogP contribution in [0.4, 0.5) is 0 Å². The molecule has 0 aliphatic heterocycles. The third-order valence-corrected chi connectivity index (χ3v) is 1.56. The maximum Gasteiger partial charge on any atom is 0.305 e. The maximum absolute atomic E-state index is 10.5. The number of carbonyl (C=O) groups excluding carboxylic acids is 1. The molecule has 1 amide bonds. The van der Waals surface area contributed by atoms with E-state index in [-0.39, 0.29) is 18.5 Å². The van der Waals surface area contributed by atoms with Crippen LogP contribution in [0.5, 0.6) is 0 Å². The Bertz CT molecular complexity index is 172. The molecule has 1 N–H and O–H groups in total. The fourth-order valence-electron chi connectivity index (χ4n) is 0.762. The zero-order chi connectivity index (χ0) is 9.78. The molecule has 0 saturated carbocycles. The molecule has 4 nitrogen and oxygen atoms in total. The molecule has 70 valence electrons. The summed E-state index contributed by atoms with van der Waals surface area (Å²) in [5, 5.41) is 8.38. The van der Waals surface area contributed by atoms with E-state index in [9.17, 15) is 9.59 Å². The molecule has 12 heavy (non-hydrogen) atoms. The zero-order valence-electron chi connectivity index (χ0n) is 7.70. The molecule has 0 radical (unpaired) electrons.